The normalized spacial score (nSPS) is 27.5. The molecular formula is C9H13N3O. The SMILES string of the molecule is CC1=CNC2NC(=O)CNCC2=C1. The van der Waals surface area contributed by atoms with Crippen LogP contribution >= 0.6 is 0 Å². The number of allylic oxidation sites excluding steroid dienone is 2. The zero-order valence-electron chi connectivity index (χ0n) is 7.55. The van der Waals surface area contributed by atoms with Crippen LogP contribution in [-0.4, -0.2) is 25.2 Å². The molecule has 0 saturated carbocycles. The van der Waals surface area contributed by atoms with E-state index in [-0.39, 0.29) is 12.1 Å². The van der Waals surface area contributed by atoms with E-state index in [2.05, 4.69) is 22.0 Å². The Bertz CT molecular complexity index is 293. The molecule has 0 aliphatic carbocycles. The van der Waals surface area contributed by atoms with Crippen LogP contribution in [0.5, 0.6) is 0 Å². The summed E-state index contributed by atoms with van der Waals surface area (Å²) in [4.78, 5) is 11.2. The predicted molar refractivity (Wildman–Crippen MR) is 49.8 cm³/mol. The average molecular weight is 179 g/mol. The molecule has 1 fully saturated rings. The molecule has 1 amide bonds. The molecule has 0 bridgehead atoms. The Morgan fingerprint density at radius 2 is 2.31 bits per heavy atom. The molecule has 13 heavy (non-hydrogen) atoms. The average Bonchev–Trinajstić information content (AvgIpc) is 2.25. The van der Waals surface area contributed by atoms with Gasteiger partial charge in [-0.2, -0.15) is 0 Å². The standard InChI is InChI=1S/C9H13N3O/c1-6-2-7-4-10-5-8(13)12-9(7)11-3-6/h2-3,9-11H,4-5H2,1H3,(H,12,13). The highest BCUT2D eigenvalue weighted by atomic mass is 16.2. The quantitative estimate of drug-likeness (QED) is 0.468. The van der Waals surface area contributed by atoms with E-state index in [4.69, 9.17) is 0 Å². The zero-order valence-corrected chi connectivity index (χ0v) is 7.55. The molecule has 4 nitrogen and oxygen atoms in total. The fraction of sp³-hybridized carbons (Fsp3) is 0.444. The molecule has 1 unspecified atom stereocenters. The summed E-state index contributed by atoms with van der Waals surface area (Å²) < 4.78 is 0. The lowest BCUT2D eigenvalue weighted by Gasteiger charge is -2.23. The van der Waals surface area contributed by atoms with Crippen LogP contribution in [0.15, 0.2) is 23.4 Å². The fourth-order valence-electron chi connectivity index (χ4n) is 1.56. The monoisotopic (exact) mass is 179 g/mol. The smallest absolute Gasteiger partial charge is 0.235 e. The molecule has 2 rings (SSSR count). The van der Waals surface area contributed by atoms with Gasteiger partial charge in [0.1, 0.15) is 6.17 Å². The van der Waals surface area contributed by atoms with Crippen LogP contribution in [0.25, 0.3) is 0 Å². The minimum atomic E-state index is -0.0220. The molecule has 0 radical (unpaired) electrons. The van der Waals surface area contributed by atoms with E-state index in [1.54, 1.807) is 0 Å². The Kier molecular flexibility index (Phi) is 2.06. The number of carbonyl (C=O) groups is 1. The highest BCUT2D eigenvalue weighted by molar-refractivity contribution is 5.79. The Hall–Kier alpha value is -1.29. The van der Waals surface area contributed by atoms with Crippen LogP contribution in [0.3, 0.4) is 0 Å². The van der Waals surface area contributed by atoms with Crippen molar-refractivity contribution in [3.05, 3.63) is 23.4 Å². The van der Waals surface area contributed by atoms with Gasteiger partial charge in [0.15, 0.2) is 0 Å². The Morgan fingerprint density at radius 3 is 3.15 bits per heavy atom. The first-order valence-corrected chi connectivity index (χ1v) is 4.39. The minimum absolute atomic E-state index is 0.0220. The summed E-state index contributed by atoms with van der Waals surface area (Å²) in [5, 5.41) is 9.08. The number of amides is 1. The summed E-state index contributed by atoms with van der Waals surface area (Å²) in [7, 11) is 0. The first-order chi connectivity index (χ1) is 6.25. The molecule has 2 aliphatic heterocycles. The van der Waals surface area contributed by atoms with Crippen molar-refractivity contribution in [2.75, 3.05) is 13.1 Å². The maximum absolute atomic E-state index is 11.2. The summed E-state index contributed by atoms with van der Waals surface area (Å²) in [6.07, 6.45) is 3.99. The van der Waals surface area contributed by atoms with Gasteiger partial charge in [0.25, 0.3) is 0 Å². The molecule has 4 heteroatoms. The molecule has 2 aliphatic rings. The van der Waals surface area contributed by atoms with Gasteiger partial charge in [0, 0.05) is 12.7 Å². The van der Waals surface area contributed by atoms with E-state index in [9.17, 15) is 4.79 Å². The Balaban J connectivity index is 2.19. The lowest BCUT2D eigenvalue weighted by atomic mass is 10.1. The van der Waals surface area contributed by atoms with Gasteiger partial charge in [-0.3, -0.25) is 4.79 Å². The van der Waals surface area contributed by atoms with E-state index in [1.165, 1.54) is 11.1 Å². The number of hydrogen-bond acceptors (Lipinski definition) is 3. The zero-order chi connectivity index (χ0) is 9.26. The van der Waals surface area contributed by atoms with Gasteiger partial charge >= 0.3 is 0 Å². The van der Waals surface area contributed by atoms with Gasteiger partial charge < -0.3 is 16.0 Å². The third-order valence-electron chi connectivity index (χ3n) is 2.18. The van der Waals surface area contributed by atoms with Gasteiger partial charge in [0.05, 0.1) is 6.54 Å². The van der Waals surface area contributed by atoms with Crippen LogP contribution < -0.4 is 16.0 Å². The van der Waals surface area contributed by atoms with Crippen molar-refractivity contribution in [1.29, 1.82) is 0 Å². The van der Waals surface area contributed by atoms with Crippen molar-refractivity contribution in [1.82, 2.24) is 16.0 Å². The summed E-state index contributed by atoms with van der Waals surface area (Å²) in [5.74, 6) is 0.0360. The molecule has 3 N–H and O–H groups in total. The maximum atomic E-state index is 11.2. The van der Waals surface area contributed by atoms with Crippen LogP contribution in [0.2, 0.25) is 0 Å². The highest BCUT2D eigenvalue weighted by Gasteiger charge is 2.21. The van der Waals surface area contributed by atoms with E-state index in [0.29, 0.717) is 6.54 Å². The third kappa shape index (κ3) is 1.72. The Labute approximate surface area is 77.1 Å². The number of carbonyl (C=O) groups excluding carboxylic acids is 1. The number of rotatable bonds is 0. The van der Waals surface area contributed by atoms with Crippen molar-refractivity contribution in [3.8, 4) is 0 Å². The largest absolute Gasteiger partial charge is 0.368 e. The molecule has 0 spiro atoms. The summed E-state index contributed by atoms with van der Waals surface area (Å²) >= 11 is 0. The molecule has 0 aromatic rings. The van der Waals surface area contributed by atoms with Gasteiger partial charge in [-0.1, -0.05) is 6.08 Å². The summed E-state index contributed by atoms with van der Waals surface area (Å²) in [6.45, 7) is 3.19. The maximum Gasteiger partial charge on any atom is 0.235 e. The molecular weight excluding hydrogens is 166 g/mol. The van der Waals surface area contributed by atoms with E-state index in [0.717, 1.165) is 6.54 Å². The molecule has 1 saturated heterocycles. The third-order valence-corrected chi connectivity index (χ3v) is 2.18. The first-order valence-electron chi connectivity index (χ1n) is 4.39. The molecule has 0 aromatic carbocycles. The van der Waals surface area contributed by atoms with E-state index < -0.39 is 0 Å². The second-order valence-electron chi connectivity index (χ2n) is 3.38. The summed E-state index contributed by atoms with van der Waals surface area (Å²) in [5.41, 5.74) is 2.37. The molecule has 2 heterocycles. The summed E-state index contributed by atoms with van der Waals surface area (Å²) in [6, 6.07) is 0. The van der Waals surface area contributed by atoms with Gasteiger partial charge in [0.2, 0.25) is 5.91 Å². The number of hydrogen-bond donors (Lipinski definition) is 3. The minimum Gasteiger partial charge on any atom is -0.368 e. The van der Waals surface area contributed by atoms with E-state index >= 15 is 0 Å². The molecule has 0 aromatic heterocycles. The van der Waals surface area contributed by atoms with Gasteiger partial charge in [-0.15, -0.1) is 0 Å². The second-order valence-corrected chi connectivity index (χ2v) is 3.38. The predicted octanol–water partition coefficient (Wildman–Crippen LogP) is -0.535. The first kappa shape index (κ1) is 8.31. The van der Waals surface area contributed by atoms with Crippen LogP contribution in [-0.2, 0) is 4.79 Å². The Morgan fingerprint density at radius 1 is 1.46 bits per heavy atom. The van der Waals surface area contributed by atoms with Gasteiger partial charge in [-0.05, 0) is 18.1 Å². The number of fused-ring (bicyclic) bond motifs is 1. The second kappa shape index (κ2) is 3.22. The highest BCUT2D eigenvalue weighted by Crippen LogP contribution is 2.10. The lowest BCUT2D eigenvalue weighted by Crippen LogP contribution is -2.45. The lowest BCUT2D eigenvalue weighted by molar-refractivity contribution is -0.120. The van der Waals surface area contributed by atoms with Crippen LogP contribution in [0.4, 0.5) is 0 Å². The van der Waals surface area contributed by atoms with Gasteiger partial charge in [-0.25, -0.2) is 0 Å². The van der Waals surface area contributed by atoms with Crippen molar-refractivity contribution < 1.29 is 4.79 Å². The van der Waals surface area contributed by atoms with Crippen molar-refractivity contribution >= 4 is 5.91 Å². The van der Waals surface area contributed by atoms with Crippen molar-refractivity contribution in [3.63, 3.8) is 0 Å². The van der Waals surface area contributed by atoms with Crippen LogP contribution in [0.1, 0.15) is 6.92 Å². The fourth-order valence-corrected chi connectivity index (χ4v) is 1.56. The van der Waals surface area contributed by atoms with Crippen molar-refractivity contribution in [2.24, 2.45) is 0 Å². The molecule has 1 atom stereocenters. The number of nitrogens with one attached hydrogen (secondary N) is 3. The number of dihydropyridines is 1. The molecule has 70 valence electrons. The topological polar surface area (TPSA) is 53.2 Å². The van der Waals surface area contributed by atoms with Crippen LogP contribution in [0, 0.1) is 0 Å². The van der Waals surface area contributed by atoms with E-state index in [1.807, 2.05) is 13.1 Å². The van der Waals surface area contributed by atoms with Crippen molar-refractivity contribution in [2.45, 2.75) is 13.1 Å².